The van der Waals surface area contributed by atoms with Gasteiger partial charge in [-0.25, -0.2) is 0 Å². The molecular weight excluding hydrogens is 230 g/mol. The minimum Gasteiger partial charge on any atom is -0.353 e. The third-order valence-corrected chi connectivity index (χ3v) is 3.32. The largest absolute Gasteiger partial charge is 0.373 e. The number of hydrogen-bond acceptors (Lipinski definition) is 3. The lowest BCUT2D eigenvalue weighted by molar-refractivity contribution is -0.191. The number of rotatable bonds is 1. The maximum Gasteiger partial charge on any atom is 0.373 e. The van der Waals surface area contributed by atoms with Gasteiger partial charge in [0.1, 0.15) is 0 Å². The van der Waals surface area contributed by atoms with Crippen molar-refractivity contribution in [2.45, 2.75) is 32.7 Å². The smallest absolute Gasteiger partial charge is 0.353 e. The SMILES string of the molecule is Cc1ccc([C@@H]2[C@H](C)NC(=O)[C@H]2C)cc1.O=C=O. The first-order chi connectivity index (χ1) is 8.51. The van der Waals surface area contributed by atoms with E-state index >= 15 is 0 Å². The van der Waals surface area contributed by atoms with Crippen molar-refractivity contribution < 1.29 is 14.4 Å². The maximum absolute atomic E-state index is 11.5. The fraction of sp³-hybridized carbons (Fsp3) is 0.429. The van der Waals surface area contributed by atoms with Gasteiger partial charge in [-0.2, -0.15) is 9.59 Å². The highest BCUT2D eigenvalue weighted by atomic mass is 16.2. The van der Waals surface area contributed by atoms with Gasteiger partial charge in [0, 0.05) is 17.9 Å². The van der Waals surface area contributed by atoms with Crippen LogP contribution in [0.2, 0.25) is 0 Å². The van der Waals surface area contributed by atoms with Crippen LogP contribution in [0.5, 0.6) is 0 Å². The molecule has 1 aliphatic heterocycles. The molecular formula is C14H17NO3. The molecule has 3 atom stereocenters. The first-order valence-electron chi connectivity index (χ1n) is 5.87. The molecule has 4 nitrogen and oxygen atoms in total. The molecule has 4 heteroatoms. The van der Waals surface area contributed by atoms with E-state index in [1.807, 2.05) is 6.92 Å². The third kappa shape index (κ3) is 3.05. The molecule has 0 radical (unpaired) electrons. The van der Waals surface area contributed by atoms with E-state index in [0.717, 1.165) is 0 Å². The van der Waals surface area contributed by atoms with Crippen molar-refractivity contribution >= 4 is 12.1 Å². The predicted octanol–water partition coefficient (Wildman–Crippen LogP) is 1.65. The van der Waals surface area contributed by atoms with Gasteiger partial charge in [-0.1, -0.05) is 36.8 Å². The normalized spacial score (nSPS) is 25.7. The molecule has 18 heavy (non-hydrogen) atoms. The van der Waals surface area contributed by atoms with Crippen molar-refractivity contribution in [3.63, 3.8) is 0 Å². The highest BCUT2D eigenvalue weighted by Crippen LogP contribution is 2.33. The Kier molecular flexibility index (Phi) is 4.81. The zero-order valence-electron chi connectivity index (χ0n) is 10.8. The number of hydrogen-bond donors (Lipinski definition) is 1. The van der Waals surface area contributed by atoms with Crippen molar-refractivity contribution in [2.24, 2.45) is 5.92 Å². The summed E-state index contributed by atoms with van der Waals surface area (Å²) in [4.78, 5) is 27.8. The van der Waals surface area contributed by atoms with E-state index in [-0.39, 0.29) is 24.0 Å². The molecule has 1 aliphatic rings. The Morgan fingerprint density at radius 3 is 2.00 bits per heavy atom. The Bertz CT molecular complexity index is 447. The van der Waals surface area contributed by atoms with E-state index in [2.05, 4.69) is 43.4 Å². The Morgan fingerprint density at radius 2 is 1.61 bits per heavy atom. The first kappa shape index (κ1) is 14.1. The number of amides is 1. The zero-order valence-corrected chi connectivity index (χ0v) is 10.8. The van der Waals surface area contributed by atoms with Crippen molar-refractivity contribution in [1.29, 1.82) is 0 Å². The van der Waals surface area contributed by atoms with Crippen molar-refractivity contribution in [3.05, 3.63) is 35.4 Å². The summed E-state index contributed by atoms with van der Waals surface area (Å²) in [6, 6.07) is 8.73. The molecule has 0 unspecified atom stereocenters. The average molecular weight is 247 g/mol. The number of nitrogens with one attached hydrogen (secondary N) is 1. The topological polar surface area (TPSA) is 63.2 Å². The van der Waals surface area contributed by atoms with Crippen molar-refractivity contribution in [2.75, 3.05) is 0 Å². The number of carbonyl (C=O) groups excluding carboxylic acids is 3. The molecule has 1 aromatic carbocycles. The lowest BCUT2D eigenvalue weighted by Gasteiger charge is -2.18. The van der Waals surface area contributed by atoms with E-state index in [9.17, 15) is 4.79 Å². The molecule has 96 valence electrons. The van der Waals surface area contributed by atoms with Gasteiger partial charge >= 0.3 is 6.15 Å². The van der Waals surface area contributed by atoms with Crippen LogP contribution in [0.4, 0.5) is 0 Å². The highest BCUT2D eigenvalue weighted by molar-refractivity contribution is 5.82. The standard InChI is InChI=1S/C13H17NO.CO2/c1-8-4-6-11(7-5-8)12-9(2)13(15)14-10(12)3;2-1-3/h4-7,9-10,12H,1-3H3,(H,14,15);/t9-,10-,12-;/m0./s1. The van der Waals surface area contributed by atoms with E-state index in [0.29, 0.717) is 5.92 Å². The monoisotopic (exact) mass is 247 g/mol. The molecule has 0 aromatic heterocycles. The lowest BCUT2D eigenvalue weighted by atomic mass is 9.85. The van der Waals surface area contributed by atoms with Crippen LogP contribution in [0.3, 0.4) is 0 Å². The molecule has 0 spiro atoms. The fourth-order valence-electron chi connectivity index (χ4n) is 2.41. The zero-order chi connectivity index (χ0) is 13.7. The Labute approximate surface area is 106 Å². The van der Waals surface area contributed by atoms with E-state index in [1.165, 1.54) is 11.1 Å². The number of carbonyl (C=O) groups is 1. The average Bonchev–Trinajstić information content (AvgIpc) is 2.56. The van der Waals surface area contributed by atoms with Gasteiger partial charge < -0.3 is 5.32 Å². The summed E-state index contributed by atoms with van der Waals surface area (Å²) < 4.78 is 0. The highest BCUT2D eigenvalue weighted by Gasteiger charge is 2.37. The van der Waals surface area contributed by atoms with Crippen LogP contribution in [0.1, 0.15) is 30.9 Å². The number of aryl methyl sites for hydroxylation is 1. The molecule has 1 N–H and O–H groups in total. The van der Waals surface area contributed by atoms with Crippen LogP contribution in [0.25, 0.3) is 0 Å². The van der Waals surface area contributed by atoms with E-state index < -0.39 is 0 Å². The van der Waals surface area contributed by atoms with Gasteiger partial charge in [-0.05, 0) is 19.4 Å². The third-order valence-electron chi connectivity index (χ3n) is 3.32. The lowest BCUT2D eigenvalue weighted by Crippen LogP contribution is -2.24. The van der Waals surface area contributed by atoms with Gasteiger partial charge in [0.05, 0.1) is 0 Å². The van der Waals surface area contributed by atoms with E-state index in [1.54, 1.807) is 0 Å². The summed E-state index contributed by atoms with van der Waals surface area (Å²) in [6.45, 7) is 6.16. The van der Waals surface area contributed by atoms with E-state index in [4.69, 9.17) is 9.59 Å². The minimum atomic E-state index is 0.0858. The van der Waals surface area contributed by atoms with Crippen LogP contribution in [0.15, 0.2) is 24.3 Å². The van der Waals surface area contributed by atoms with Gasteiger partial charge in [-0.3, -0.25) is 4.79 Å². The fourth-order valence-corrected chi connectivity index (χ4v) is 2.41. The molecule has 1 amide bonds. The van der Waals surface area contributed by atoms with Gasteiger partial charge in [0.2, 0.25) is 5.91 Å². The van der Waals surface area contributed by atoms with Crippen LogP contribution in [-0.2, 0) is 14.4 Å². The van der Waals surface area contributed by atoms with Crippen LogP contribution in [0, 0.1) is 12.8 Å². The van der Waals surface area contributed by atoms with Gasteiger partial charge in [0.15, 0.2) is 0 Å². The van der Waals surface area contributed by atoms with Crippen LogP contribution in [-0.4, -0.2) is 18.1 Å². The number of benzene rings is 1. The summed E-state index contributed by atoms with van der Waals surface area (Å²) in [5.41, 5.74) is 2.52. The van der Waals surface area contributed by atoms with Crippen molar-refractivity contribution in [1.82, 2.24) is 5.32 Å². The predicted molar refractivity (Wildman–Crippen MR) is 65.7 cm³/mol. The molecule has 1 aromatic rings. The molecule has 0 saturated carbocycles. The van der Waals surface area contributed by atoms with Crippen LogP contribution >= 0.6 is 0 Å². The summed E-state index contributed by atoms with van der Waals surface area (Å²) in [6.07, 6.45) is 0.250. The summed E-state index contributed by atoms with van der Waals surface area (Å²) in [5, 5.41) is 2.99. The Morgan fingerprint density at radius 1 is 1.11 bits per heavy atom. The molecule has 1 fully saturated rings. The van der Waals surface area contributed by atoms with Gasteiger partial charge in [0.25, 0.3) is 0 Å². The second kappa shape index (κ2) is 6.12. The quantitative estimate of drug-likeness (QED) is 0.820. The summed E-state index contributed by atoms with van der Waals surface area (Å²) >= 11 is 0. The molecule has 2 rings (SSSR count). The van der Waals surface area contributed by atoms with Crippen molar-refractivity contribution in [3.8, 4) is 0 Å². The van der Waals surface area contributed by atoms with Crippen LogP contribution < -0.4 is 5.32 Å². The summed E-state index contributed by atoms with van der Waals surface area (Å²) in [7, 11) is 0. The molecule has 1 heterocycles. The Hall–Kier alpha value is -1.93. The minimum absolute atomic E-state index is 0.0858. The molecule has 0 bridgehead atoms. The first-order valence-corrected chi connectivity index (χ1v) is 5.87. The van der Waals surface area contributed by atoms with Gasteiger partial charge in [-0.15, -0.1) is 0 Å². The maximum atomic E-state index is 11.5. The molecule has 1 saturated heterocycles. The molecule has 0 aliphatic carbocycles. The summed E-state index contributed by atoms with van der Waals surface area (Å²) in [5.74, 6) is 0.578. The second-order valence-electron chi connectivity index (χ2n) is 4.61. The Balaban J connectivity index is 0.000000492. The second-order valence-corrected chi connectivity index (χ2v) is 4.61.